The number of benzene rings is 2. The molecule has 1 nitrogen and oxygen atoms in total. The molecule has 0 aromatic heterocycles. The molecule has 0 radical (unpaired) electrons. The third-order valence-electron chi connectivity index (χ3n) is 3.06. The first-order valence-corrected chi connectivity index (χ1v) is 7.07. The van der Waals surface area contributed by atoms with E-state index >= 15 is 0 Å². The van der Waals surface area contributed by atoms with Gasteiger partial charge in [0.2, 0.25) is 0 Å². The predicted molar refractivity (Wildman–Crippen MR) is 80.6 cm³/mol. The average molecular weight is 304 g/mol. The van der Waals surface area contributed by atoms with Crippen LogP contribution in [0.25, 0.3) is 0 Å². The Bertz CT molecular complexity index is 464. The second-order valence-corrected chi connectivity index (χ2v) is 5.53. The van der Waals surface area contributed by atoms with Crippen molar-refractivity contribution in [3.63, 3.8) is 0 Å². The largest absolute Gasteiger partial charge is 0.327 e. The Balaban J connectivity index is 1.82. The third kappa shape index (κ3) is 4.28. The van der Waals surface area contributed by atoms with Crippen LogP contribution in [0.4, 0.5) is 0 Å². The van der Waals surface area contributed by atoms with Crippen molar-refractivity contribution in [1.82, 2.24) is 0 Å². The molecule has 94 valence electrons. The molecule has 1 atom stereocenters. The van der Waals surface area contributed by atoms with Crippen molar-refractivity contribution < 1.29 is 0 Å². The summed E-state index contributed by atoms with van der Waals surface area (Å²) < 4.78 is 1.11. The second kappa shape index (κ2) is 6.72. The number of rotatable bonds is 5. The Morgan fingerprint density at radius 1 is 0.889 bits per heavy atom. The first-order chi connectivity index (χ1) is 8.74. The van der Waals surface area contributed by atoms with Gasteiger partial charge in [0.25, 0.3) is 0 Å². The van der Waals surface area contributed by atoms with Crippen LogP contribution < -0.4 is 5.73 Å². The zero-order valence-electron chi connectivity index (χ0n) is 10.4. The molecule has 0 bridgehead atoms. The molecule has 2 aromatic carbocycles. The monoisotopic (exact) mass is 303 g/mol. The van der Waals surface area contributed by atoms with Gasteiger partial charge in [0.15, 0.2) is 0 Å². The lowest BCUT2D eigenvalue weighted by atomic mass is 10.00. The maximum Gasteiger partial charge on any atom is 0.0175 e. The van der Waals surface area contributed by atoms with Gasteiger partial charge in [-0.05, 0) is 42.5 Å². The van der Waals surface area contributed by atoms with Crippen LogP contribution in [0, 0.1) is 0 Å². The quantitative estimate of drug-likeness (QED) is 0.889. The minimum Gasteiger partial charge on any atom is -0.327 e. The van der Waals surface area contributed by atoms with Gasteiger partial charge in [0, 0.05) is 10.5 Å². The predicted octanol–water partition coefficient (Wildman–Crippen LogP) is 3.95. The van der Waals surface area contributed by atoms with Crippen LogP contribution >= 0.6 is 15.9 Å². The molecular weight excluding hydrogens is 286 g/mol. The van der Waals surface area contributed by atoms with Crippen molar-refractivity contribution >= 4 is 15.9 Å². The summed E-state index contributed by atoms with van der Waals surface area (Å²) in [6, 6.07) is 19.2. The SMILES string of the molecule is NC(CCc1ccccc1)Cc1ccc(Br)cc1. The van der Waals surface area contributed by atoms with E-state index in [-0.39, 0.29) is 6.04 Å². The molecule has 0 aliphatic heterocycles. The van der Waals surface area contributed by atoms with Gasteiger partial charge in [-0.1, -0.05) is 58.4 Å². The van der Waals surface area contributed by atoms with Gasteiger partial charge < -0.3 is 5.73 Å². The molecule has 0 fully saturated rings. The first kappa shape index (κ1) is 13.3. The third-order valence-corrected chi connectivity index (χ3v) is 3.59. The van der Waals surface area contributed by atoms with Crippen molar-refractivity contribution in [2.45, 2.75) is 25.3 Å². The van der Waals surface area contributed by atoms with Gasteiger partial charge >= 0.3 is 0 Å². The first-order valence-electron chi connectivity index (χ1n) is 6.28. The number of hydrogen-bond donors (Lipinski definition) is 1. The molecule has 0 saturated carbocycles. The lowest BCUT2D eigenvalue weighted by Gasteiger charge is -2.11. The van der Waals surface area contributed by atoms with E-state index in [1.807, 2.05) is 6.07 Å². The van der Waals surface area contributed by atoms with Gasteiger partial charge in [-0.3, -0.25) is 0 Å². The Labute approximate surface area is 117 Å². The normalized spacial score (nSPS) is 12.3. The van der Waals surface area contributed by atoms with E-state index < -0.39 is 0 Å². The van der Waals surface area contributed by atoms with Crippen LogP contribution in [0.2, 0.25) is 0 Å². The Hall–Kier alpha value is -1.12. The van der Waals surface area contributed by atoms with Crippen molar-refractivity contribution in [3.8, 4) is 0 Å². The standard InChI is InChI=1S/C16H18BrN/c17-15-9-6-14(7-10-15)12-16(18)11-8-13-4-2-1-3-5-13/h1-7,9-10,16H,8,11-12,18H2. The summed E-state index contributed by atoms with van der Waals surface area (Å²) in [5.74, 6) is 0. The number of hydrogen-bond acceptors (Lipinski definition) is 1. The molecule has 18 heavy (non-hydrogen) atoms. The topological polar surface area (TPSA) is 26.0 Å². The fraction of sp³-hybridized carbons (Fsp3) is 0.250. The molecule has 0 amide bonds. The summed E-state index contributed by atoms with van der Waals surface area (Å²) in [4.78, 5) is 0. The van der Waals surface area contributed by atoms with Crippen LogP contribution in [-0.2, 0) is 12.8 Å². The van der Waals surface area contributed by atoms with Crippen LogP contribution in [0.1, 0.15) is 17.5 Å². The maximum atomic E-state index is 6.18. The van der Waals surface area contributed by atoms with Crippen LogP contribution in [0.3, 0.4) is 0 Å². The summed E-state index contributed by atoms with van der Waals surface area (Å²) in [6.45, 7) is 0. The van der Waals surface area contributed by atoms with Crippen LogP contribution in [0.5, 0.6) is 0 Å². The zero-order valence-corrected chi connectivity index (χ0v) is 11.9. The molecule has 0 aliphatic carbocycles. The van der Waals surface area contributed by atoms with E-state index in [1.54, 1.807) is 0 Å². The van der Waals surface area contributed by atoms with Crippen LogP contribution in [0.15, 0.2) is 59.1 Å². The fourth-order valence-corrected chi connectivity index (χ4v) is 2.29. The summed E-state index contributed by atoms with van der Waals surface area (Å²) >= 11 is 3.44. The number of aryl methyl sites for hydroxylation is 1. The van der Waals surface area contributed by atoms with E-state index in [2.05, 4.69) is 64.5 Å². The van der Waals surface area contributed by atoms with Gasteiger partial charge in [-0.25, -0.2) is 0 Å². The molecule has 0 saturated heterocycles. The minimum atomic E-state index is 0.228. The zero-order chi connectivity index (χ0) is 12.8. The highest BCUT2D eigenvalue weighted by Gasteiger charge is 2.04. The summed E-state index contributed by atoms with van der Waals surface area (Å²) in [5.41, 5.74) is 8.85. The molecule has 2 heteroatoms. The molecule has 2 N–H and O–H groups in total. The van der Waals surface area contributed by atoms with Crippen molar-refractivity contribution in [2.75, 3.05) is 0 Å². The van der Waals surface area contributed by atoms with E-state index in [0.717, 1.165) is 23.7 Å². The van der Waals surface area contributed by atoms with Gasteiger partial charge in [-0.15, -0.1) is 0 Å². The number of nitrogens with two attached hydrogens (primary N) is 1. The van der Waals surface area contributed by atoms with E-state index in [0.29, 0.717) is 0 Å². The van der Waals surface area contributed by atoms with Gasteiger partial charge in [0.05, 0.1) is 0 Å². The van der Waals surface area contributed by atoms with Crippen molar-refractivity contribution in [3.05, 3.63) is 70.2 Å². The fourth-order valence-electron chi connectivity index (χ4n) is 2.02. The molecule has 0 heterocycles. The van der Waals surface area contributed by atoms with Gasteiger partial charge in [0.1, 0.15) is 0 Å². The lowest BCUT2D eigenvalue weighted by Crippen LogP contribution is -2.23. The van der Waals surface area contributed by atoms with Crippen molar-refractivity contribution in [2.24, 2.45) is 5.73 Å². The summed E-state index contributed by atoms with van der Waals surface area (Å²) in [7, 11) is 0. The Morgan fingerprint density at radius 2 is 1.56 bits per heavy atom. The molecule has 1 unspecified atom stereocenters. The molecule has 0 spiro atoms. The highest BCUT2D eigenvalue weighted by Crippen LogP contribution is 2.13. The van der Waals surface area contributed by atoms with Crippen molar-refractivity contribution in [1.29, 1.82) is 0 Å². The molecular formula is C16H18BrN. The molecule has 0 aliphatic rings. The van der Waals surface area contributed by atoms with Gasteiger partial charge in [-0.2, -0.15) is 0 Å². The Kier molecular flexibility index (Phi) is 4.97. The van der Waals surface area contributed by atoms with Crippen LogP contribution in [-0.4, -0.2) is 6.04 Å². The van der Waals surface area contributed by atoms with E-state index in [9.17, 15) is 0 Å². The summed E-state index contributed by atoms with van der Waals surface area (Å²) in [5, 5.41) is 0. The highest BCUT2D eigenvalue weighted by atomic mass is 79.9. The number of halogens is 1. The summed E-state index contributed by atoms with van der Waals surface area (Å²) in [6.07, 6.45) is 3.03. The van der Waals surface area contributed by atoms with E-state index in [4.69, 9.17) is 5.73 Å². The smallest absolute Gasteiger partial charge is 0.0175 e. The minimum absolute atomic E-state index is 0.228. The molecule has 2 rings (SSSR count). The second-order valence-electron chi connectivity index (χ2n) is 4.61. The average Bonchev–Trinajstić information content (AvgIpc) is 2.40. The highest BCUT2D eigenvalue weighted by molar-refractivity contribution is 9.10. The maximum absolute atomic E-state index is 6.18. The molecule has 2 aromatic rings. The van der Waals surface area contributed by atoms with E-state index in [1.165, 1.54) is 11.1 Å². The Morgan fingerprint density at radius 3 is 2.22 bits per heavy atom. The lowest BCUT2D eigenvalue weighted by molar-refractivity contribution is 0.610.